The van der Waals surface area contributed by atoms with Crippen LogP contribution in [0.5, 0.6) is 5.75 Å². The van der Waals surface area contributed by atoms with Gasteiger partial charge in [0.15, 0.2) is 0 Å². The van der Waals surface area contributed by atoms with Gasteiger partial charge in [0, 0.05) is 18.7 Å². The lowest BCUT2D eigenvalue weighted by Crippen LogP contribution is -2.29. The summed E-state index contributed by atoms with van der Waals surface area (Å²) in [7, 11) is -2.18. The molecular weight excluding hydrogens is 366 g/mol. The Kier molecular flexibility index (Phi) is 6.45. The third-order valence-electron chi connectivity index (χ3n) is 4.03. The van der Waals surface area contributed by atoms with E-state index in [4.69, 9.17) is 10.5 Å². The molecular formula is C19H25N3O4S. The third-order valence-corrected chi connectivity index (χ3v) is 5.80. The van der Waals surface area contributed by atoms with Gasteiger partial charge in [-0.25, -0.2) is 13.1 Å². The predicted molar refractivity (Wildman–Crippen MR) is 106 cm³/mol. The number of nitrogens with one attached hydrogen (secondary N) is 2. The number of aryl methyl sites for hydroxylation is 3. The molecule has 8 heteroatoms. The maximum absolute atomic E-state index is 12.6. The number of benzene rings is 2. The molecule has 2 rings (SSSR count). The van der Waals surface area contributed by atoms with Crippen LogP contribution in [0, 0.1) is 20.8 Å². The standard InChI is InChI=1S/C19H25N3O4S/c1-12-9-13(2)19(14(3)10-12)27(24,25)21-8-7-18(23)22-15-5-6-17(26-4)16(20)11-15/h5-6,9-11,21H,7-8,20H2,1-4H3,(H,22,23). The van der Waals surface area contributed by atoms with Gasteiger partial charge in [-0.3, -0.25) is 4.79 Å². The molecule has 0 saturated carbocycles. The molecule has 4 N–H and O–H groups in total. The molecule has 0 unspecified atom stereocenters. The highest BCUT2D eigenvalue weighted by Crippen LogP contribution is 2.24. The van der Waals surface area contributed by atoms with Crippen LogP contribution in [-0.4, -0.2) is 28.0 Å². The highest BCUT2D eigenvalue weighted by Gasteiger charge is 2.19. The van der Waals surface area contributed by atoms with E-state index >= 15 is 0 Å². The van der Waals surface area contributed by atoms with Crippen LogP contribution in [0.15, 0.2) is 35.2 Å². The zero-order valence-electron chi connectivity index (χ0n) is 15.9. The summed E-state index contributed by atoms with van der Waals surface area (Å²) < 4.78 is 32.7. The quantitative estimate of drug-likeness (QED) is 0.628. The van der Waals surface area contributed by atoms with E-state index in [1.807, 2.05) is 19.1 Å². The van der Waals surface area contributed by atoms with Crippen molar-refractivity contribution in [2.24, 2.45) is 0 Å². The van der Waals surface area contributed by atoms with Crippen LogP contribution < -0.4 is 20.5 Å². The van der Waals surface area contributed by atoms with E-state index in [2.05, 4.69) is 10.0 Å². The van der Waals surface area contributed by atoms with Crippen molar-refractivity contribution in [3.05, 3.63) is 47.0 Å². The highest BCUT2D eigenvalue weighted by molar-refractivity contribution is 7.89. The van der Waals surface area contributed by atoms with Crippen LogP contribution in [0.4, 0.5) is 11.4 Å². The third kappa shape index (κ3) is 5.21. The first-order chi connectivity index (χ1) is 12.6. The Bertz CT molecular complexity index is 932. The molecule has 27 heavy (non-hydrogen) atoms. The van der Waals surface area contributed by atoms with E-state index in [9.17, 15) is 13.2 Å². The first kappa shape index (κ1) is 20.7. The van der Waals surface area contributed by atoms with Crippen LogP contribution in [0.25, 0.3) is 0 Å². The second-order valence-electron chi connectivity index (χ2n) is 6.38. The van der Waals surface area contributed by atoms with E-state index in [1.165, 1.54) is 7.11 Å². The van der Waals surface area contributed by atoms with Gasteiger partial charge in [0.05, 0.1) is 17.7 Å². The minimum absolute atomic E-state index is 0.00484. The van der Waals surface area contributed by atoms with Gasteiger partial charge in [0.25, 0.3) is 0 Å². The van der Waals surface area contributed by atoms with Crippen molar-refractivity contribution in [1.29, 1.82) is 0 Å². The van der Waals surface area contributed by atoms with Crippen molar-refractivity contribution in [2.75, 3.05) is 24.7 Å². The lowest BCUT2D eigenvalue weighted by molar-refractivity contribution is -0.116. The second kappa shape index (κ2) is 8.41. The van der Waals surface area contributed by atoms with Crippen LogP contribution in [-0.2, 0) is 14.8 Å². The van der Waals surface area contributed by atoms with Gasteiger partial charge in [-0.15, -0.1) is 0 Å². The van der Waals surface area contributed by atoms with E-state index in [1.54, 1.807) is 32.0 Å². The Balaban J connectivity index is 1.97. The lowest BCUT2D eigenvalue weighted by atomic mass is 10.1. The molecule has 2 aromatic carbocycles. The molecule has 0 fully saturated rings. The van der Waals surface area contributed by atoms with Gasteiger partial charge in [-0.1, -0.05) is 17.7 Å². The fraction of sp³-hybridized carbons (Fsp3) is 0.316. The lowest BCUT2D eigenvalue weighted by Gasteiger charge is -2.13. The number of ether oxygens (including phenoxy) is 1. The zero-order valence-corrected chi connectivity index (χ0v) is 16.7. The number of hydrogen-bond donors (Lipinski definition) is 3. The molecule has 0 aliphatic rings. The maximum atomic E-state index is 12.6. The molecule has 0 heterocycles. The Hall–Kier alpha value is -2.58. The van der Waals surface area contributed by atoms with Gasteiger partial charge in [0.2, 0.25) is 15.9 Å². The van der Waals surface area contributed by atoms with Crippen molar-refractivity contribution in [2.45, 2.75) is 32.1 Å². The summed E-state index contributed by atoms with van der Waals surface area (Å²) in [6.45, 7) is 5.43. The van der Waals surface area contributed by atoms with Gasteiger partial charge < -0.3 is 15.8 Å². The predicted octanol–water partition coefficient (Wildman–Crippen LogP) is 2.51. The summed E-state index contributed by atoms with van der Waals surface area (Å²) in [4.78, 5) is 12.3. The number of nitrogen functional groups attached to an aromatic ring is 1. The summed E-state index contributed by atoms with van der Waals surface area (Å²) in [6, 6.07) is 8.54. The Labute approximate surface area is 160 Å². The SMILES string of the molecule is COc1ccc(NC(=O)CCNS(=O)(=O)c2c(C)cc(C)cc2C)cc1N. The number of carbonyl (C=O) groups is 1. The molecule has 0 aliphatic carbocycles. The molecule has 2 aromatic rings. The van der Waals surface area contributed by atoms with E-state index in [-0.39, 0.29) is 23.8 Å². The molecule has 0 spiro atoms. The minimum Gasteiger partial charge on any atom is -0.495 e. The monoisotopic (exact) mass is 391 g/mol. The van der Waals surface area contributed by atoms with Crippen molar-refractivity contribution < 1.29 is 17.9 Å². The Morgan fingerprint density at radius 2 is 1.74 bits per heavy atom. The van der Waals surface area contributed by atoms with Crippen LogP contribution in [0.3, 0.4) is 0 Å². The average Bonchev–Trinajstić information content (AvgIpc) is 2.53. The molecule has 146 valence electrons. The van der Waals surface area contributed by atoms with Gasteiger partial charge in [0.1, 0.15) is 5.75 Å². The first-order valence-corrected chi connectivity index (χ1v) is 9.93. The van der Waals surface area contributed by atoms with Gasteiger partial charge in [-0.2, -0.15) is 0 Å². The molecule has 1 amide bonds. The summed E-state index contributed by atoms with van der Waals surface area (Å²) in [6.07, 6.45) is -0.00484. The smallest absolute Gasteiger partial charge is 0.241 e. The van der Waals surface area contributed by atoms with Gasteiger partial charge in [-0.05, 0) is 50.1 Å². The molecule has 0 saturated heterocycles. The van der Waals surface area contributed by atoms with Crippen molar-refractivity contribution >= 4 is 27.3 Å². The number of carbonyl (C=O) groups excluding carboxylic acids is 1. The zero-order chi connectivity index (χ0) is 20.2. The summed E-state index contributed by atoms with van der Waals surface area (Å²) >= 11 is 0. The normalized spacial score (nSPS) is 11.3. The van der Waals surface area contributed by atoms with E-state index < -0.39 is 10.0 Å². The van der Waals surface area contributed by atoms with Crippen molar-refractivity contribution in [3.63, 3.8) is 0 Å². The molecule has 7 nitrogen and oxygen atoms in total. The molecule has 0 atom stereocenters. The number of sulfonamides is 1. The average molecular weight is 391 g/mol. The number of nitrogens with two attached hydrogens (primary N) is 1. The molecule has 0 radical (unpaired) electrons. The largest absolute Gasteiger partial charge is 0.495 e. The number of amides is 1. The number of rotatable bonds is 7. The van der Waals surface area contributed by atoms with Gasteiger partial charge >= 0.3 is 0 Å². The minimum atomic E-state index is -3.69. The number of methoxy groups -OCH3 is 1. The molecule has 0 aromatic heterocycles. The maximum Gasteiger partial charge on any atom is 0.241 e. The van der Waals surface area contributed by atoms with E-state index in [0.717, 1.165) is 5.56 Å². The molecule has 0 bridgehead atoms. The number of hydrogen-bond acceptors (Lipinski definition) is 5. The van der Waals surface area contributed by atoms with Crippen molar-refractivity contribution in [3.8, 4) is 5.75 Å². The first-order valence-electron chi connectivity index (χ1n) is 8.45. The fourth-order valence-electron chi connectivity index (χ4n) is 3.00. The molecule has 0 aliphatic heterocycles. The second-order valence-corrected chi connectivity index (χ2v) is 8.08. The fourth-order valence-corrected chi connectivity index (χ4v) is 4.48. The number of anilines is 2. The van der Waals surface area contributed by atoms with Crippen LogP contribution >= 0.6 is 0 Å². The Morgan fingerprint density at radius 1 is 1.11 bits per heavy atom. The Morgan fingerprint density at radius 3 is 2.30 bits per heavy atom. The van der Waals surface area contributed by atoms with Crippen molar-refractivity contribution in [1.82, 2.24) is 4.72 Å². The van der Waals surface area contributed by atoms with E-state index in [0.29, 0.717) is 28.3 Å². The summed E-state index contributed by atoms with van der Waals surface area (Å²) in [5.74, 6) is 0.198. The van der Waals surface area contributed by atoms with Crippen LogP contribution in [0.2, 0.25) is 0 Å². The summed E-state index contributed by atoms with van der Waals surface area (Å²) in [5, 5.41) is 2.68. The summed E-state index contributed by atoms with van der Waals surface area (Å²) in [5.41, 5.74) is 9.08. The van der Waals surface area contributed by atoms with Crippen LogP contribution in [0.1, 0.15) is 23.1 Å². The topological polar surface area (TPSA) is 111 Å². The highest BCUT2D eigenvalue weighted by atomic mass is 32.2.